The average Bonchev–Trinajstić information content (AvgIpc) is 2.63. The maximum absolute atomic E-state index is 10.2. The third kappa shape index (κ3) is 6.32. The van der Waals surface area contributed by atoms with E-state index >= 15 is 0 Å². The predicted octanol–water partition coefficient (Wildman–Crippen LogP) is 3.55. The molecule has 0 saturated heterocycles. The quantitative estimate of drug-likeness (QED) is 0.659. The summed E-state index contributed by atoms with van der Waals surface area (Å²) in [6, 6.07) is 15.8. The molecule has 0 amide bonds. The summed E-state index contributed by atoms with van der Waals surface area (Å²) < 4.78 is 11.1. The Hall–Kier alpha value is -2.11. The highest BCUT2D eigenvalue weighted by atomic mass is 32.1. The summed E-state index contributed by atoms with van der Waals surface area (Å²) in [4.78, 5) is 0.473. The fourth-order valence-corrected chi connectivity index (χ4v) is 2.78. The Morgan fingerprint density at radius 2 is 1.81 bits per heavy atom. The van der Waals surface area contributed by atoms with Gasteiger partial charge in [-0.05, 0) is 43.5 Å². The van der Waals surface area contributed by atoms with Gasteiger partial charge in [-0.2, -0.15) is 0 Å². The molecule has 0 aliphatic heterocycles. The zero-order chi connectivity index (χ0) is 18.9. The van der Waals surface area contributed by atoms with Crippen LogP contribution in [-0.2, 0) is 12.8 Å². The lowest BCUT2D eigenvalue weighted by molar-refractivity contribution is 0.230. The summed E-state index contributed by atoms with van der Waals surface area (Å²) in [7, 11) is 1.64. The van der Waals surface area contributed by atoms with E-state index in [0.29, 0.717) is 18.0 Å². The number of aliphatic hydroxyl groups is 1. The number of rotatable bonds is 9. The van der Waals surface area contributed by atoms with Gasteiger partial charge < -0.3 is 19.9 Å². The lowest BCUT2D eigenvalue weighted by atomic mass is 10.1. The molecular formula is C21H27NO3S. The van der Waals surface area contributed by atoms with Gasteiger partial charge in [0.05, 0.1) is 13.2 Å². The molecule has 0 heterocycles. The first kappa shape index (κ1) is 20.2. The van der Waals surface area contributed by atoms with E-state index in [1.807, 2.05) is 62.4 Å². The van der Waals surface area contributed by atoms with Crippen molar-refractivity contribution in [3.8, 4) is 11.5 Å². The minimum absolute atomic E-state index is 0.0971. The minimum atomic E-state index is -0.677. The van der Waals surface area contributed by atoms with Crippen LogP contribution in [0.5, 0.6) is 11.5 Å². The molecule has 140 valence electrons. The number of hydrogen-bond acceptors (Lipinski definition) is 4. The third-order valence-corrected chi connectivity index (χ3v) is 4.29. The van der Waals surface area contributed by atoms with E-state index in [4.69, 9.17) is 21.7 Å². The lowest BCUT2D eigenvalue weighted by Gasteiger charge is -2.16. The number of aliphatic hydroxyl groups excluding tert-OH is 1. The fraction of sp³-hybridized carbons (Fsp3) is 0.381. The first-order valence-electron chi connectivity index (χ1n) is 8.83. The van der Waals surface area contributed by atoms with Gasteiger partial charge in [0.2, 0.25) is 0 Å². The van der Waals surface area contributed by atoms with E-state index < -0.39 is 6.10 Å². The Morgan fingerprint density at radius 1 is 1.08 bits per heavy atom. The molecule has 0 radical (unpaired) electrons. The van der Waals surface area contributed by atoms with Crippen molar-refractivity contribution in [1.29, 1.82) is 0 Å². The standard InChI is InChI=1S/C21H27NO3S/c1-15(2)25-19-10-9-17(14-20(19)24-3)11-12-22-21(26)18(23)13-16-7-5-4-6-8-16/h4-10,14-15,18,23H,11-13H2,1-3H3,(H,22,26)/t18-/m0/s1. The Labute approximate surface area is 161 Å². The molecule has 0 unspecified atom stereocenters. The second kappa shape index (κ2) is 10.1. The zero-order valence-corrected chi connectivity index (χ0v) is 16.4. The van der Waals surface area contributed by atoms with Gasteiger partial charge in [-0.25, -0.2) is 0 Å². The maximum atomic E-state index is 10.2. The van der Waals surface area contributed by atoms with Crippen LogP contribution < -0.4 is 14.8 Å². The molecule has 1 atom stereocenters. The van der Waals surface area contributed by atoms with Crippen LogP contribution in [0.2, 0.25) is 0 Å². The van der Waals surface area contributed by atoms with Crippen molar-refractivity contribution in [2.45, 2.75) is 38.9 Å². The van der Waals surface area contributed by atoms with Crippen LogP contribution in [0.25, 0.3) is 0 Å². The Bertz CT molecular complexity index is 704. The van der Waals surface area contributed by atoms with Crippen molar-refractivity contribution in [1.82, 2.24) is 5.32 Å². The van der Waals surface area contributed by atoms with Crippen molar-refractivity contribution in [3.63, 3.8) is 0 Å². The maximum Gasteiger partial charge on any atom is 0.161 e. The molecule has 0 aliphatic carbocycles. The molecule has 2 aromatic rings. The van der Waals surface area contributed by atoms with Crippen molar-refractivity contribution in [3.05, 3.63) is 59.7 Å². The number of methoxy groups -OCH3 is 1. The zero-order valence-electron chi connectivity index (χ0n) is 15.6. The van der Waals surface area contributed by atoms with Gasteiger partial charge in [-0.1, -0.05) is 48.6 Å². The van der Waals surface area contributed by atoms with Crippen LogP contribution >= 0.6 is 12.2 Å². The molecule has 5 heteroatoms. The van der Waals surface area contributed by atoms with Crippen LogP contribution in [0.4, 0.5) is 0 Å². The van der Waals surface area contributed by atoms with Gasteiger partial charge in [0.25, 0.3) is 0 Å². The second-order valence-electron chi connectivity index (χ2n) is 6.40. The minimum Gasteiger partial charge on any atom is -0.493 e. The van der Waals surface area contributed by atoms with E-state index in [1.165, 1.54) is 0 Å². The monoisotopic (exact) mass is 373 g/mol. The molecule has 2 N–H and O–H groups in total. The van der Waals surface area contributed by atoms with Gasteiger partial charge in [0, 0.05) is 13.0 Å². The van der Waals surface area contributed by atoms with Crippen molar-refractivity contribution in [2.24, 2.45) is 0 Å². The molecule has 2 rings (SSSR count). The van der Waals surface area contributed by atoms with Crippen molar-refractivity contribution >= 4 is 17.2 Å². The second-order valence-corrected chi connectivity index (χ2v) is 6.84. The molecule has 4 nitrogen and oxygen atoms in total. The first-order chi connectivity index (χ1) is 12.5. The molecule has 0 saturated carbocycles. The summed E-state index contributed by atoms with van der Waals surface area (Å²) in [6.45, 7) is 4.62. The molecule has 2 aromatic carbocycles. The predicted molar refractivity (Wildman–Crippen MR) is 109 cm³/mol. The molecule has 26 heavy (non-hydrogen) atoms. The molecule has 0 fully saturated rings. The number of benzene rings is 2. The van der Waals surface area contributed by atoms with E-state index in [2.05, 4.69) is 5.32 Å². The van der Waals surface area contributed by atoms with Gasteiger partial charge >= 0.3 is 0 Å². The number of hydrogen-bond donors (Lipinski definition) is 2. The van der Waals surface area contributed by atoms with Crippen LogP contribution in [-0.4, -0.2) is 36.0 Å². The van der Waals surface area contributed by atoms with Crippen LogP contribution in [0.3, 0.4) is 0 Å². The van der Waals surface area contributed by atoms with E-state index in [0.717, 1.165) is 29.0 Å². The lowest BCUT2D eigenvalue weighted by Crippen LogP contribution is -2.35. The third-order valence-electron chi connectivity index (χ3n) is 3.88. The number of thiocarbonyl (C=S) groups is 1. The highest BCUT2D eigenvalue weighted by Gasteiger charge is 2.12. The van der Waals surface area contributed by atoms with E-state index in [9.17, 15) is 5.11 Å². The van der Waals surface area contributed by atoms with Crippen LogP contribution in [0.15, 0.2) is 48.5 Å². The largest absolute Gasteiger partial charge is 0.493 e. The van der Waals surface area contributed by atoms with Gasteiger partial charge in [-0.3, -0.25) is 0 Å². The summed E-state index contributed by atoms with van der Waals surface area (Å²) in [6.07, 6.45) is 0.710. The smallest absolute Gasteiger partial charge is 0.161 e. The molecule has 0 aliphatic rings. The normalized spacial score (nSPS) is 11.9. The fourth-order valence-electron chi connectivity index (χ4n) is 2.60. The van der Waals surface area contributed by atoms with Gasteiger partial charge in [0.1, 0.15) is 11.1 Å². The van der Waals surface area contributed by atoms with Crippen LogP contribution in [0.1, 0.15) is 25.0 Å². The summed E-state index contributed by atoms with van der Waals surface area (Å²) >= 11 is 5.30. The van der Waals surface area contributed by atoms with Crippen LogP contribution in [0, 0.1) is 0 Å². The summed E-state index contributed by atoms with van der Waals surface area (Å²) in [5.74, 6) is 1.47. The van der Waals surface area contributed by atoms with Gasteiger partial charge in [-0.15, -0.1) is 0 Å². The molecule has 0 spiro atoms. The Morgan fingerprint density at radius 3 is 2.46 bits per heavy atom. The summed E-state index contributed by atoms with van der Waals surface area (Å²) in [5.41, 5.74) is 2.18. The van der Waals surface area contributed by atoms with Gasteiger partial charge in [0.15, 0.2) is 11.5 Å². The van der Waals surface area contributed by atoms with Crippen molar-refractivity contribution < 1.29 is 14.6 Å². The molecular weight excluding hydrogens is 346 g/mol. The number of ether oxygens (including phenoxy) is 2. The first-order valence-corrected chi connectivity index (χ1v) is 9.23. The average molecular weight is 374 g/mol. The Balaban J connectivity index is 1.84. The highest BCUT2D eigenvalue weighted by Crippen LogP contribution is 2.29. The van der Waals surface area contributed by atoms with E-state index in [-0.39, 0.29) is 6.10 Å². The highest BCUT2D eigenvalue weighted by molar-refractivity contribution is 7.80. The number of nitrogens with one attached hydrogen (secondary N) is 1. The SMILES string of the molecule is COc1cc(CCNC(=S)[C@@H](O)Cc2ccccc2)ccc1OC(C)C. The molecule has 0 aromatic heterocycles. The summed E-state index contributed by atoms with van der Waals surface area (Å²) in [5, 5.41) is 13.4. The molecule has 0 bridgehead atoms. The Kier molecular flexibility index (Phi) is 7.88. The van der Waals surface area contributed by atoms with E-state index in [1.54, 1.807) is 7.11 Å². The van der Waals surface area contributed by atoms with Crippen molar-refractivity contribution in [2.75, 3.05) is 13.7 Å². The topological polar surface area (TPSA) is 50.7 Å².